The van der Waals surface area contributed by atoms with Crippen LogP contribution in [0.2, 0.25) is 10.2 Å². The van der Waals surface area contributed by atoms with E-state index in [1.54, 1.807) is 18.3 Å². The highest BCUT2D eigenvalue weighted by Crippen LogP contribution is 2.18. The highest BCUT2D eigenvalue weighted by molar-refractivity contribution is 6.30. The van der Waals surface area contributed by atoms with Gasteiger partial charge in [-0.25, -0.2) is 9.37 Å². The first-order chi connectivity index (χ1) is 8.56. The molecule has 5 heteroatoms. The third kappa shape index (κ3) is 3.12. The molecule has 18 heavy (non-hydrogen) atoms. The van der Waals surface area contributed by atoms with Gasteiger partial charge in [0.05, 0.1) is 16.9 Å². The average molecular weight is 285 g/mol. The lowest BCUT2D eigenvalue weighted by atomic mass is 10.2. The molecule has 1 aromatic heterocycles. The largest absolute Gasteiger partial charge is 0.380 e. The van der Waals surface area contributed by atoms with E-state index in [4.69, 9.17) is 23.2 Å². The monoisotopic (exact) mass is 284 g/mol. The Hall–Kier alpha value is -1.32. The number of anilines is 1. The summed E-state index contributed by atoms with van der Waals surface area (Å²) in [7, 11) is 0. The second-order valence-corrected chi connectivity index (χ2v) is 4.70. The molecule has 0 fully saturated rings. The van der Waals surface area contributed by atoms with Crippen LogP contribution in [0, 0.1) is 12.7 Å². The molecular formula is C13H11Cl2FN2. The summed E-state index contributed by atoms with van der Waals surface area (Å²) in [5.74, 6) is -0.415. The molecule has 0 atom stereocenters. The van der Waals surface area contributed by atoms with Crippen LogP contribution in [-0.4, -0.2) is 4.98 Å². The number of hydrogen-bond acceptors (Lipinski definition) is 2. The molecule has 0 unspecified atom stereocenters. The Balaban J connectivity index is 2.06. The van der Waals surface area contributed by atoms with Gasteiger partial charge < -0.3 is 5.32 Å². The number of rotatable bonds is 3. The first-order valence-corrected chi connectivity index (χ1v) is 6.12. The maximum Gasteiger partial charge on any atom is 0.142 e. The number of hydrogen-bond donors (Lipinski definition) is 1. The Kier molecular flexibility index (Phi) is 4.04. The van der Waals surface area contributed by atoms with Gasteiger partial charge in [0, 0.05) is 6.54 Å². The number of pyridine rings is 1. The van der Waals surface area contributed by atoms with E-state index in [0.717, 1.165) is 16.8 Å². The Morgan fingerprint density at radius 3 is 2.72 bits per heavy atom. The van der Waals surface area contributed by atoms with Gasteiger partial charge in [-0.15, -0.1) is 0 Å². The van der Waals surface area contributed by atoms with E-state index in [1.807, 2.05) is 13.0 Å². The lowest BCUT2D eigenvalue weighted by Crippen LogP contribution is -2.00. The average Bonchev–Trinajstić information content (AvgIpc) is 2.35. The van der Waals surface area contributed by atoms with E-state index in [1.165, 1.54) is 6.07 Å². The lowest BCUT2D eigenvalue weighted by molar-refractivity contribution is 0.626. The van der Waals surface area contributed by atoms with Crippen LogP contribution in [0.3, 0.4) is 0 Å². The van der Waals surface area contributed by atoms with Crippen molar-refractivity contribution in [2.24, 2.45) is 0 Å². The predicted molar refractivity (Wildman–Crippen MR) is 72.7 cm³/mol. The van der Waals surface area contributed by atoms with Crippen molar-refractivity contribution in [3.8, 4) is 0 Å². The van der Waals surface area contributed by atoms with Crippen molar-refractivity contribution in [1.82, 2.24) is 4.98 Å². The molecule has 2 rings (SSSR count). The van der Waals surface area contributed by atoms with Crippen molar-refractivity contribution in [1.29, 1.82) is 0 Å². The van der Waals surface area contributed by atoms with Gasteiger partial charge in [0.1, 0.15) is 11.0 Å². The number of aromatic nitrogens is 1. The zero-order valence-electron chi connectivity index (χ0n) is 9.67. The van der Waals surface area contributed by atoms with Crippen LogP contribution >= 0.6 is 23.2 Å². The second-order valence-electron chi connectivity index (χ2n) is 3.93. The number of nitrogens with one attached hydrogen (secondary N) is 1. The molecule has 2 nitrogen and oxygen atoms in total. The normalized spacial score (nSPS) is 10.4. The number of nitrogens with zero attached hydrogens (tertiary/aromatic N) is 1. The van der Waals surface area contributed by atoms with E-state index in [-0.39, 0.29) is 5.02 Å². The van der Waals surface area contributed by atoms with Crippen LogP contribution in [0.4, 0.5) is 10.1 Å². The van der Waals surface area contributed by atoms with E-state index in [9.17, 15) is 4.39 Å². The standard InChI is InChI=1S/C13H11Cl2FN2/c1-8-4-10(7-18-13(8)15)17-6-9-2-3-11(14)12(16)5-9/h2-5,7,17H,6H2,1H3. The quantitative estimate of drug-likeness (QED) is 0.843. The number of aryl methyl sites for hydroxylation is 1. The van der Waals surface area contributed by atoms with Crippen LogP contribution in [0.15, 0.2) is 30.5 Å². The minimum absolute atomic E-state index is 0.128. The molecule has 0 aliphatic carbocycles. The zero-order chi connectivity index (χ0) is 13.1. The molecule has 0 aliphatic rings. The number of benzene rings is 1. The minimum Gasteiger partial charge on any atom is -0.380 e. The first-order valence-electron chi connectivity index (χ1n) is 5.36. The molecule has 0 bridgehead atoms. The van der Waals surface area contributed by atoms with Crippen molar-refractivity contribution in [2.45, 2.75) is 13.5 Å². The zero-order valence-corrected chi connectivity index (χ0v) is 11.2. The highest BCUT2D eigenvalue weighted by Gasteiger charge is 2.02. The van der Waals surface area contributed by atoms with Crippen molar-refractivity contribution in [2.75, 3.05) is 5.32 Å². The molecule has 1 N–H and O–H groups in total. The van der Waals surface area contributed by atoms with Crippen LogP contribution in [0.1, 0.15) is 11.1 Å². The molecule has 0 aliphatic heterocycles. The van der Waals surface area contributed by atoms with Crippen molar-refractivity contribution in [3.63, 3.8) is 0 Å². The molecule has 94 valence electrons. The van der Waals surface area contributed by atoms with Gasteiger partial charge in [0.25, 0.3) is 0 Å². The fourth-order valence-electron chi connectivity index (χ4n) is 1.51. The maximum absolute atomic E-state index is 13.2. The predicted octanol–water partition coefficient (Wildman–Crippen LogP) is 4.45. The van der Waals surface area contributed by atoms with Gasteiger partial charge >= 0.3 is 0 Å². The highest BCUT2D eigenvalue weighted by atomic mass is 35.5. The van der Waals surface area contributed by atoms with Crippen molar-refractivity contribution < 1.29 is 4.39 Å². The van der Waals surface area contributed by atoms with Crippen LogP contribution in [0.5, 0.6) is 0 Å². The van der Waals surface area contributed by atoms with Gasteiger partial charge in [-0.1, -0.05) is 29.3 Å². The second kappa shape index (κ2) is 5.55. The fraction of sp³-hybridized carbons (Fsp3) is 0.154. The Morgan fingerprint density at radius 1 is 1.28 bits per heavy atom. The summed E-state index contributed by atoms with van der Waals surface area (Å²) in [6, 6.07) is 6.61. The summed E-state index contributed by atoms with van der Waals surface area (Å²) in [4.78, 5) is 4.03. The first kappa shape index (κ1) is 13.1. The summed E-state index contributed by atoms with van der Waals surface area (Å²) in [5, 5.41) is 3.76. The van der Waals surface area contributed by atoms with E-state index < -0.39 is 5.82 Å². The molecule has 0 radical (unpaired) electrons. The number of halogens is 3. The summed E-state index contributed by atoms with van der Waals surface area (Å²) in [6.45, 7) is 2.37. The SMILES string of the molecule is Cc1cc(NCc2ccc(Cl)c(F)c2)cnc1Cl. The summed E-state index contributed by atoms with van der Waals surface area (Å²) in [6.07, 6.45) is 1.64. The third-order valence-corrected chi connectivity index (χ3v) is 3.20. The van der Waals surface area contributed by atoms with Gasteiger partial charge in [-0.05, 0) is 36.2 Å². The van der Waals surface area contributed by atoms with Gasteiger partial charge in [-0.2, -0.15) is 0 Å². The molecule has 0 amide bonds. The van der Waals surface area contributed by atoms with Gasteiger partial charge in [-0.3, -0.25) is 0 Å². The van der Waals surface area contributed by atoms with E-state index >= 15 is 0 Å². The van der Waals surface area contributed by atoms with E-state index in [2.05, 4.69) is 10.3 Å². The van der Waals surface area contributed by atoms with E-state index in [0.29, 0.717) is 11.7 Å². The van der Waals surface area contributed by atoms with Gasteiger partial charge in [0.2, 0.25) is 0 Å². The summed E-state index contributed by atoms with van der Waals surface area (Å²) >= 11 is 11.4. The topological polar surface area (TPSA) is 24.9 Å². The van der Waals surface area contributed by atoms with Crippen molar-refractivity contribution in [3.05, 3.63) is 57.6 Å². The molecule has 0 spiro atoms. The summed E-state index contributed by atoms with van der Waals surface area (Å²) < 4.78 is 13.2. The molecule has 1 aromatic carbocycles. The summed E-state index contributed by atoms with van der Waals surface area (Å²) in [5.41, 5.74) is 2.54. The Labute approximate surface area is 115 Å². The molecule has 1 heterocycles. The lowest BCUT2D eigenvalue weighted by Gasteiger charge is -2.08. The maximum atomic E-state index is 13.2. The third-order valence-electron chi connectivity index (χ3n) is 2.50. The Bertz CT molecular complexity index is 521. The molecule has 2 aromatic rings. The minimum atomic E-state index is -0.415. The van der Waals surface area contributed by atoms with Crippen LogP contribution in [0.25, 0.3) is 0 Å². The molecular weight excluding hydrogens is 274 g/mol. The molecule has 0 saturated carbocycles. The molecule has 0 saturated heterocycles. The van der Waals surface area contributed by atoms with Crippen molar-refractivity contribution >= 4 is 28.9 Å². The van der Waals surface area contributed by atoms with Gasteiger partial charge in [0.15, 0.2) is 0 Å². The van der Waals surface area contributed by atoms with Crippen LogP contribution in [-0.2, 0) is 6.54 Å². The van der Waals surface area contributed by atoms with Crippen LogP contribution < -0.4 is 5.32 Å². The smallest absolute Gasteiger partial charge is 0.142 e. The Morgan fingerprint density at radius 2 is 2.06 bits per heavy atom. The fourth-order valence-corrected chi connectivity index (χ4v) is 1.73.